The van der Waals surface area contributed by atoms with Crippen molar-refractivity contribution in [3.63, 3.8) is 0 Å². The first-order valence-electron chi connectivity index (χ1n) is 4.68. The van der Waals surface area contributed by atoms with Crippen LogP contribution in [0.1, 0.15) is 0 Å². The second-order valence-electron chi connectivity index (χ2n) is 3.37. The minimum absolute atomic E-state index is 0. The van der Waals surface area contributed by atoms with Gasteiger partial charge in [0.25, 0.3) is 0 Å². The van der Waals surface area contributed by atoms with E-state index in [9.17, 15) is 0 Å². The minimum Gasteiger partial charge on any atom is -0.248 e. The zero-order valence-electron chi connectivity index (χ0n) is 8.09. The molecule has 3 radical (unpaired) electrons. The van der Waals surface area contributed by atoms with E-state index < -0.39 is 0 Å². The van der Waals surface area contributed by atoms with E-state index in [4.69, 9.17) is 0 Å². The van der Waals surface area contributed by atoms with Crippen LogP contribution in [0.2, 0.25) is 0 Å². The first-order valence-corrected chi connectivity index (χ1v) is 4.68. The van der Waals surface area contributed by atoms with Crippen molar-refractivity contribution < 1.29 is 0 Å². The standard InChI is InChI=1S/C13H9N.Bi/c1-3-7-12-10(5-1)9-11-6-2-4-8-13(11)14-12;/h1-9H;. The van der Waals surface area contributed by atoms with E-state index in [0.29, 0.717) is 0 Å². The van der Waals surface area contributed by atoms with Crippen molar-refractivity contribution in [1.82, 2.24) is 4.98 Å². The molecule has 2 aromatic carbocycles. The Labute approximate surface area is 107 Å². The maximum Gasteiger partial charge on any atom is 0.0709 e. The molecule has 0 unspecified atom stereocenters. The van der Waals surface area contributed by atoms with Crippen molar-refractivity contribution in [1.29, 1.82) is 0 Å². The van der Waals surface area contributed by atoms with E-state index in [1.807, 2.05) is 36.4 Å². The van der Waals surface area contributed by atoms with Crippen molar-refractivity contribution >= 4 is 48.0 Å². The third-order valence-corrected chi connectivity index (χ3v) is 2.43. The molecule has 1 nitrogen and oxygen atoms in total. The monoisotopic (exact) mass is 388 g/mol. The van der Waals surface area contributed by atoms with Gasteiger partial charge in [0.1, 0.15) is 0 Å². The molecule has 15 heavy (non-hydrogen) atoms. The smallest absolute Gasteiger partial charge is 0.0709 e. The largest absolute Gasteiger partial charge is 0.248 e. The number of pyridine rings is 1. The van der Waals surface area contributed by atoms with Gasteiger partial charge in [0, 0.05) is 37.0 Å². The Hall–Kier alpha value is -1.01. The van der Waals surface area contributed by atoms with Crippen LogP contribution >= 0.6 is 0 Å². The van der Waals surface area contributed by atoms with Crippen LogP contribution in [0.3, 0.4) is 0 Å². The van der Waals surface area contributed by atoms with E-state index >= 15 is 0 Å². The Morgan fingerprint density at radius 1 is 0.667 bits per heavy atom. The number of hydrogen-bond acceptors (Lipinski definition) is 1. The van der Waals surface area contributed by atoms with Crippen LogP contribution < -0.4 is 0 Å². The second kappa shape index (κ2) is 4.24. The molecule has 0 fully saturated rings. The minimum atomic E-state index is 0. The van der Waals surface area contributed by atoms with Gasteiger partial charge in [-0.25, -0.2) is 4.98 Å². The van der Waals surface area contributed by atoms with Crippen LogP contribution in [0.15, 0.2) is 54.6 Å². The fourth-order valence-electron chi connectivity index (χ4n) is 1.72. The molecule has 0 aliphatic rings. The van der Waals surface area contributed by atoms with Crippen molar-refractivity contribution in [2.75, 3.05) is 0 Å². The Morgan fingerprint density at radius 2 is 1.13 bits per heavy atom. The zero-order chi connectivity index (χ0) is 9.38. The van der Waals surface area contributed by atoms with E-state index in [-0.39, 0.29) is 26.2 Å². The first-order chi connectivity index (χ1) is 6.93. The summed E-state index contributed by atoms with van der Waals surface area (Å²) in [6, 6.07) is 18.6. The molecule has 0 amide bonds. The van der Waals surface area contributed by atoms with Gasteiger partial charge in [0.2, 0.25) is 0 Å². The number of fused-ring (bicyclic) bond motifs is 2. The Balaban J connectivity index is 0.000000853. The summed E-state index contributed by atoms with van der Waals surface area (Å²) in [6.45, 7) is 0. The SMILES string of the molecule is [Bi].c1ccc2nc3ccccc3cc2c1. The van der Waals surface area contributed by atoms with Gasteiger partial charge >= 0.3 is 0 Å². The van der Waals surface area contributed by atoms with Crippen molar-refractivity contribution in [3.8, 4) is 0 Å². The van der Waals surface area contributed by atoms with E-state index in [0.717, 1.165) is 11.0 Å². The summed E-state index contributed by atoms with van der Waals surface area (Å²) < 4.78 is 0. The fraction of sp³-hybridized carbons (Fsp3) is 0. The maximum absolute atomic E-state index is 4.58. The second-order valence-corrected chi connectivity index (χ2v) is 3.37. The van der Waals surface area contributed by atoms with Crippen LogP contribution in [-0.2, 0) is 0 Å². The van der Waals surface area contributed by atoms with Gasteiger partial charge < -0.3 is 0 Å². The summed E-state index contributed by atoms with van der Waals surface area (Å²) in [6.07, 6.45) is 0. The van der Waals surface area contributed by atoms with Gasteiger partial charge in [-0.3, -0.25) is 0 Å². The summed E-state index contributed by atoms with van der Waals surface area (Å²) in [5, 5.41) is 2.40. The van der Waals surface area contributed by atoms with Crippen molar-refractivity contribution in [2.45, 2.75) is 0 Å². The van der Waals surface area contributed by atoms with Gasteiger partial charge in [-0.15, -0.1) is 0 Å². The summed E-state index contributed by atoms with van der Waals surface area (Å²) >= 11 is 0. The Morgan fingerprint density at radius 3 is 1.67 bits per heavy atom. The summed E-state index contributed by atoms with van der Waals surface area (Å²) in [7, 11) is 0. The van der Waals surface area contributed by atoms with Crippen molar-refractivity contribution in [3.05, 3.63) is 54.6 Å². The van der Waals surface area contributed by atoms with Gasteiger partial charge in [-0.1, -0.05) is 36.4 Å². The molecule has 1 heterocycles. The maximum atomic E-state index is 4.58. The van der Waals surface area contributed by atoms with Crippen LogP contribution in [0, 0.1) is 0 Å². The molecule has 3 aromatic rings. The van der Waals surface area contributed by atoms with Crippen LogP contribution in [0.5, 0.6) is 0 Å². The molecule has 0 N–H and O–H groups in total. The van der Waals surface area contributed by atoms with Crippen molar-refractivity contribution in [2.24, 2.45) is 0 Å². The third kappa shape index (κ3) is 1.87. The predicted octanol–water partition coefficient (Wildman–Crippen LogP) is 3.01. The Bertz CT molecular complexity index is 499. The quantitative estimate of drug-likeness (QED) is 0.426. The van der Waals surface area contributed by atoms with Gasteiger partial charge in [0.15, 0.2) is 0 Å². The number of aromatic nitrogens is 1. The molecule has 0 saturated heterocycles. The fourth-order valence-corrected chi connectivity index (χ4v) is 1.72. The molecule has 0 aliphatic heterocycles. The average Bonchev–Trinajstić information content (AvgIpc) is 2.26. The number of para-hydroxylation sites is 2. The predicted molar refractivity (Wildman–Crippen MR) is 65.0 cm³/mol. The first kappa shape index (κ1) is 10.5. The molecule has 0 spiro atoms. The molecular formula is C13H9BiN. The van der Waals surface area contributed by atoms with E-state index in [1.54, 1.807) is 0 Å². The van der Waals surface area contributed by atoms with Crippen LogP contribution in [0.25, 0.3) is 21.8 Å². The van der Waals surface area contributed by atoms with Crippen LogP contribution in [-0.4, -0.2) is 31.2 Å². The number of benzene rings is 2. The topological polar surface area (TPSA) is 12.9 Å². The molecule has 71 valence electrons. The third-order valence-electron chi connectivity index (χ3n) is 2.43. The average molecular weight is 388 g/mol. The number of nitrogens with zero attached hydrogens (tertiary/aromatic N) is 1. The molecule has 0 saturated carbocycles. The number of hydrogen-bond donors (Lipinski definition) is 0. The molecule has 3 rings (SSSR count). The van der Waals surface area contributed by atoms with E-state index in [2.05, 4.69) is 23.2 Å². The molecule has 1 aromatic heterocycles. The van der Waals surface area contributed by atoms with Gasteiger partial charge in [0.05, 0.1) is 11.0 Å². The summed E-state index contributed by atoms with van der Waals surface area (Å²) in [5.74, 6) is 0. The summed E-state index contributed by atoms with van der Waals surface area (Å²) in [4.78, 5) is 4.58. The molecule has 2 heteroatoms. The zero-order valence-corrected chi connectivity index (χ0v) is 11.6. The van der Waals surface area contributed by atoms with E-state index in [1.165, 1.54) is 10.8 Å². The number of rotatable bonds is 0. The Kier molecular flexibility index (Phi) is 2.97. The molecule has 0 bridgehead atoms. The van der Waals surface area contributed by atoms with Gasteiger partial charge in [-0.05, 0) is 18.2 Å². The van der Waals surface area contributed by atoms with Crippen LogP contribution in [0.4, 0.5) is 0 Å². The molecular weight excluding hydrogens is 379 g/mol. The van der Waals surface area contributed by atoms with Gasteiger partial charge in [-0.2, -0.15) is 0 Å². The molecule has 0 aliphatic carbocycles. The normalized spacial score (nSPS) is 10.1. The molecule has 0 atom stereocenters. The summed E-state index contributed by atoms with van der Waals surface area (Å²) in [5.41, 5.74) is 2.12.